The molecule has 29 heavy (non-hydrogen) atoms. The van der Waals surface area contributed by atoms with Gasteiger partial charge < -0.3 is 9.47 Å². The molecular weight excluding hydrogens is 390 g/mol. The van der Waals surface area contributed by atoms with Gasteiger partial charge in [-0.05, 0) is 43.9 Å². The van der Waals surface area contributed by atoms with Crippen LogP contribution in [0, 0.1) is 0 Å². The molecule has 1 aliphatic heterocycles. The van der Waals surface area contributed by atoms with Crippen molar-refractivity contribution in [1.29, 1.82) is 0 Å². The topological polar surface area (TPSA) is 66.3 Å². The summed E-state index contributed by atoms with van der Waals surface area (Å²) >= 11 is 6.18. The molecule has 3 aromatic rings. The van der Waals surface area contributed by atoms with Crippen LogP contribution in [0.1, 0.15) is 37.6 Å². The van der Waals surface area contributed by atoms with E-state index in [0.29, 0.717) is 28.8 Å². The Kier molecular flexibility index (Phi) is 5.36. The predicted molar refractivity (Wildman–Crippen MR) is 114 cm³/mol. The fourth-order valence-corrected chi connectivity index (χ4v) is 4.55. The van der Waals surface area contributed by atoms with E-state index in [1.54, 1.807) is 7.05 Å². The van der Waals surface area contributed by atoms with Gasteiger partial charge in [0.25, 0.3) is 5.56 Å². The Morgan fingerprint density at radius 3 is 2.72 bits per heavy atom. The molecule has 0 aliphatic carbocycles. The standard InChI is InChI=1S/C21H26ClN5O2/c1-14-7-4-5-10-26(14)13-17-23-19-18(20(28)25(3)21(29)24(19)2)27(17)12-15-8-6-9-16(22)11-15/h6,8-9,11,14H,4-5,7,10,12-13H2,1-3H3/p+1/t14-/m1/s1. The molecule has 0 amide bonds. The van der Waals surface area contributed by atoms with Crippen LogP contribution in [0.25, 0.3) is 11.2 Å². The van der Waals surface area contributed by atoms with Crippen molar-refractivity contribution < 1.29 is 4.90 Å². The number of likely N-dealkylation sites (tertiary alicyclic amines) is 1. The Balaban J connectivity index is 1.89. The van der Waals surface area contributed by atoms with Crippen molar-refractivity contribution in [3.05, 3.63) is 61.5 Å². The number of nitrogens with zero attached hydrogens (tertiary/aromatic N) is 4. The quantitative estimate of drug-likeness (QED) is 0.692. The van der Waals surface area contributed by atoms with Gasteiger partial charge >= 0.3 is 5.69 Å². The maximum Gasteiger partial charge on any atom is 0.332 e. The molecule has 7 nitrogen and oxygen atoms in total. The van der Waals surface area contributed by atoms with Crippen molar-refractivity contribution in [2.24, 2.45) is 14.1 Å². The van der Waals surface area contributed by atoms with Gasteiger partial charge in [-0.15, -0.1) is 0 Å². The summed E-state index contributed by atoms with van der Waals surface area (Å²) in [6.45, 7) is 4.58. The van der Waals surface area contributed by atoms with Gasteiger partial charge in [0, 0.05) is 25.7 Å². The third-order valence-corrected chi connectivity index (χ3v) is 6.36. The van der Waals surface area contributed by atoms with Gasteiger partial charge in [-0.25, -0.2) is 9.78 Å². The minimum atomic E-state index is -0.361. The second kappa shape index (κ2) is 7.80. The molecule has 0 radical (unpaired) electrons. The molecule has 8 heteroatoms. The summed E-state index contributed by atoms with van der Waals surface area (Å²) in [6, 6.07) is 8.18. The zero-order valence-electron chi connectivity index (χ0n) is 17.1. The van der Waals surface area contributed by atoms with Crippen molar-refractivity contribution in [2.75, 3.05) is 6.54 Å². The van der Waals surface area contributed by atoms with Crippen LogP contribution in [0.5, 0.6) is 0 Å². The molecule has 1 unspecified atom stereocenters. The van der Waals surface area contributed by atoms with Crippen molar-refractivity contribution in [2.45, 2.75) is 45.3 Å². The Labute approximate surface area is 174 Å². The fraction of sp³-hybridized carbons (Fsp3) is 0.476. The number of nitrogens with one attached hydrogen (secondary N) is 1. The smallest absolute Gasteiger partial charge is 0.326 e. The van der Waals surface area contributed by atoms with Crippen LogP contribution < -0.4 is 16.1 Å². The van der Waals surface area contributed by atoms with Crippen LogP contribution in [-0.4, -0.2) is 31.3 Å². The summed E-state index contributed by atoms with van der Waals surface area (Å²) in [5.41, 5.74) is 1.23. The molecule has 154 valence electrons. The van der Waals surface area contributed by atoms with Gasteiger partial charge in [0.05, 0.1) is 12.6 Å². The molecule has 1 aromatic carbocycles. The number of quaternary nitrogens is 1. The van der Waals surface area contributed by atoms with Gasteiger partial charge in [-0.1, -0.05) is 23.7 Å². The highest BCUT2D eigenvalue weighted by Gasteiger charge is 2.26. The third-order valence-electron chi connectivity index (χ3n) is 6.12. The zero-order chi connectivity index (χ0) is 20.7. The average molecular weight is 417 g/mol. The van der Waals surface area contributed by atoms with Crippen molar-refractivity contribution >= 4 is 22.8 Å². The number of hydrogen-bond acceptors (Lipinski definition) is 3. The second-order valence-corrected chi connectivity index (χ2v) is 8.54. The van der Waals surface area contributed by atoms with E-state index in [0.717, 1.165) is 29.0 Å². The first kappa shape index (κ1) is 19.9. The molecule has 4 rings (SSSR count). The Bertz CT molecular complexity index is 1180. The fourth-order valence-electron chi connectivity index (χ4n) is 4.33. The monoisotopic (exact) mass is 416 g/mol. The van der Waals surface area contributed by atoms with E-state index in [2.05, 4.69) is 6.92 Å². The summed E-state index contributed by atoms with van der Waals surface area (Å²) < 4.78 is 4.58. The van der Waals surface area contributed by atoms with Crippen LogP contribution in [0.15, 0.2) is 33.9 Å². The zero-order valence-corrected chi connectivity index (χ0v) is 17.9. The molecule has 2 atom stereocenters. The van der Waals surface area contributed by atoms with E-state index in [4.69, 9.17) is 16.6 Å². The summed E-state index contributed by atoms with van der Waals surface area (Å²) in [7, 11) is 3.18. The summed E-state index contributed by atoms with van der Waals surface area (Å²) in [6.07, 6.45) is 3.66. The van der Waals surface area contributed by atoms with Crippen LogP contribution in [0.4, 0.5) is 0 Å². The van der Waals surface area contributed by atoms with Gasteiger partial charge in [0.1, 0.15) is 6.54 Å². The molecule has 0 spiro atoms. The van der Waals surface area contributed by atoms with E-state index in [1.165, 1.54) is 35.8 Å². The van der Waals surface area contributed by atoms with Gasteiger partial charge in [0.2, 0.25) is 0 Å². The van der Waals surface area contributed by atoms with Gasteiger partial charge in [-0.2, -0.15) is 0 Å². The average Bonchev–Trinajstić information content (AvgIpc) is 3.05. The van der Waals surface area contributed by atoms with E-state index in [-0.39, 0.29) is 11.2 Å². The van der Waals surface area contributed by atoms with Crippen LogP contribution in [0.3, 0.4) is 0 Å². The number of rotatable bonds is 4. The molecule has 3 heterocycles. The number of benzene rings is 1. The lowest BCUT2D eigenvalue weighted by Gasteiger charge is -2.30. The molecular formula is C21H27ClN5O2+. The Hall–Kier alpha value is -2.38. The summed E-state index contributed by atoms with van der Waals surface area (Å²) in [4.78, 5) is 31.7. The maximum atomic E-state index is 13.0. The van der Waals surface area contributed by atoms with Crippen molar-refractivity contribution in [3.8, 4) is 0 Å². The van der Waals surface area contributed by atoms with Crippen LogP contribution in [-0.2, 0) is 27.2 Å². The third kappa shape index (κ3) is 3.65. The second-order valence-electron chi connectivity index (χ2n) is 8.10. The highest BCUT2D eigenvalue weighted by atomic mass is 35.5. The maximum absolute atomic E-state index is 13.0. The molecule has 0 saturated carbocycles. The van der Waals surface area contributed by atoms with Crippen LogP contribution in [0.2, 0.25) is 5.02 Å². The van der Waals surface area contributed by atoms with Crippen LogP contribution >= 0.6 is 11.6 Å². The molecule has 1 fully saturated rings. The summed E-state index contributed by atoms with van der Waals surface area (Å²) in [5, 5.41) is 0.657. The molecule has 1 aliphatic rings. The molecule has 0 bridgehead atoms. The van der Waals surface area contributed by atoms with E-state index >= 15 is 0 Å². The minimum Gasteiger partial charge on any atom is -0.326 e. The lowest BCUT2D eigenvalue weighted by Crippen LogP contribution is -3.15. The van der Waals surface area contributed by atoms with Gasteiger partial charge in [-0.3, -0.25) is 13.9 Å². The number of imidazole rings is 1. The first-order chi connectivity index (χ1) is 13.9. The lowest BCUT2D eigenvalue weighted by molar-refractivity contribution is -0.942. The number of aromatic nitrogens is 4. The summed E-state index contributed by atoms with van der Waals surface area (Å²) in [5.74, 6) is 0.835. The highest BCUT2D eigenvalue weighted by molar-refractivity contribution is 6.30. The normalized spacial score (nSPS) is 19.7. The first-order valence-electron chi connectivity index (χ1n) is 10.1. The van der Waals surface area contributed by atoms with E-state index in [9.17, 15) is 9.59 Å². The Morgan fingerprint density at radius 1 is 1.21 bits per heavy atom. The van der Waals surface area contributed by atoms with E-state index < -0.39 is 0 Å². The predicted octanol–water partition coefficient (Wildman–Crippen LogP) is 1.09. The molecule has 1 N–H and O–H groups in total. The van der Waals surface area contributed by atoms with E-state index in [1.807, 2.05) is 28.8 Å². The number of aryl methyl sites for hydroxylation is 1. The highest BCUT2D eigenvalue weighted by Crippen LogP contribution is 2.17. The number of hydrogen-bond donors (Lipinski definition) is 1. The number of fused-ring (bicyclic) bond motifs is 1. The number of piperidine rings is 1. The molecule has 2 aromatic heterocycles. The van der Waals surface area contributed by atoms with Gasteiger partial charge in [0.15, 0.2) is 17.0 Å². The molecule has 1 saturated heterocycles. The SMILES string of the molecule is C[C@@H]1CCCC[NH+]1Cc1nc2c(c(=O)n(C)c(=O)n2C)n1Cc1cccc(Cl)c1. The van der Waals surface area contributed by atoms with Crippen molar-refractivity contribution in [3.63, 3.8) is 0 Å². The Morgan fingerprint density at radius 2 is 2.00 bits per heavy atom. The number of halogens is 1. The minimum absolute atomic E-state index is 0.314. The van der Waals surface area contributed by atoms with Crippen molar-refractivity contribution in [1.82, 2.24) is 18.7 Å². The largest absolute Gasteiger partial charge is 0.332 e. The first-order valence-corrected chi connectivity index (χ1v) is 10.5. The lowest BCUT2D eigenvalue weighted by atomic mass is 10.0.